The van der Waals surface area contributed by atoms with Crippen LogP contribution in [0.2, 0.25) is 0 Å². The van der Waals surface area contributed by atoms with Gasteiger partial charge in [-0.25, -0.2) is 0 Å². The monoisotopic (exact) mass is 255 g/mol. The molecule has 0 aromatic carbocycles. The van der Waals surface area contributed by atoms with Crippen LogP contribution in [-0.2, 0) is 20.9 Å². The number of anilines is 1. The van der Waals surface area contributed by atoms with Crippen molar-refractivity contribution in [3.8, 4) is 0 Å². The maximum absolute atomic E-state index is 11.4. The van der Waals surface area contributed by atoms with E-state index in [1.54, 1.807) is 18.0 Å². The third kappa shape index (κ3) is 4.93. The smallest absolute Gasteiger partial charge is 0.243 e. The van der Waals surface area contributed by atoms with Gasteiger partial charge in [0.1, 0.15) is 0 Å². The summed E-state index contributed by atoms with van der Waals surface area (Å²) in [4.78, 5) is 22.3. The van der Waals surface area contributed by atoms with Crippen molar-refractivity contribution in [1.82, 2.24) is 15.1 Å². The van der Waals surface area contributed by atoms with E-state index in [4.69, 9.17) is 10.5 Å². The van der Waals surface area contributed by atoms with Crippen LogP contribution in [0.1, 0.15) is 0 Å². The van der Waals surface area contributed by atoms with Gasteiger partial charge in [-0.15, -0.1) is 0 Å². The van der Waals surface area contributed by atoms with E-state index in [1.807, 2.05) is 0 Å². The zero-order valence-electron chi connectivity index (χ0n) is 10.2. The summed E-state index contributed by atoms with van der Waals surface area (Å²) in [5, 5.41) is 9.00. The van der Waals surface area contributed by atoms with Gasteiger partial charge in [0, 0.05) is 13.3 Å². The van der Waals surface area contributed by atoms with E-state index in [1.165, 1.54) is 6.20 Å². The normalized spacial score (nSPS) is 10.1. The number of nitrogens with zero attached hydrogens (tertiary/aromatic N) is 2. The highest BCUT2D eigenvalue weighted by molar-refractivity contribution is 5.94. The highest BCUT2D eigenvalue weighted by atomic mass is 16.5. The van der Waals surface area contributed by atoms with Crippen LogP contribution in [0.5, 0.6) is 0 Å². The maximum atomic E-state index is 11.4. The molecule has 2 amide bonds. The van der Waals surface area contributed by atoms with Gasteiger partial charge < -0.3 is 21.1 Å². The third-order valence-corrected chi connectivity index (χ3v) is 2.07. The lowest BCUT2D eigenvalue weighted by molar-refractivity contribution is -0.123. The lowest BCUT2D eigenvalue weighted by atomic mass is 10.5. The minimum Gasteiger partial charge on any atom is -0.383 e. The van der Waals surface area contributed by atoms with Crippen LogP contribution < -0.4 is 16.4 Å². The van der Waals surface area contributed by atoms with Crippen LogP contribution in [-0.4, -0.2) is 48.4 Å². The number of hydrogen-bond donors (Lipinski definition) is 3. The second kappa shape index (κ2) is 7.41. The number of ether oxygens (including phenoxy) is 1. The summed E-state index contributed by atoms with van der Waals surface area (Å²) in [7, 11) is 1.60. The van der Waals surface area contributed by atoms with Gasteiger partial charge in [-0.1, -0.05) is 0 Å². The largest absolute Gasteiger partial charge is 0.383 e. The van der Waals surface area contributed by atoms with Crippen LogP contribution in [0, 0.1) is 0 Å². The Balaban J connectivity index is 2.35. The molecule has 0 bridgehead atoms. The van der Waals surface area contributed by atoms with E-state index in [-0.39, 0.29) is 24.9 Å². The van der Waals surface area contributed by atoms with Gasteiger partial charge in [0.25, 0.3) is 0 Å². The van der Waals surface area contributed by atoms with Crippen molar-refractivity contribution >= 4 is 17.5 Å². The fraction of sp³-hybridized carbons (Fsp3) is 0.500. The molecule has 1 rings (SSSR count). The molecule has 8 nitrogen and oxygen atoms in total. The molecule has 0 unspecified atom stereocenters. The Hall–Kier alpha value is -1.93. The van der Waals surface area contributed by atoms with Crippen LogP contribution >= 0.6 is 0 Å². The van der Waals surface area contributed by atoms with Gasteiger partial charge in [0.05, 0.1) is 38.1 Å². The second-order valence-electron chi connectivity index (χ2n) is 3.51. The molecule has 0 radical (unpaired) electrons. The van der Waals surface area contributed by atoms with Crippen molar-refractivity contribution in [3.05, 3.63) is 12.4 Å². The van der Waals surface area contributed by atoms with Crippen molar-refractivity contribution in [1.29, 1.82) is 0 Å². The quantitative estimate of drug-likeness (QED) is 0.551. The van der Waals surface area contributed by atoms with Crippen LogP contribution in [0.3, 0.4) is 0 Å². The zero-order valence-corrected chi connectivity index (χ0v) is 10.2. The molecule has 8 heteroatoms. The Kier molecular flexibility index (Phi) is 5.81. The zero-order chi connectivity index (χ0) is 13.4. The van der Waals surface area contributed by atoms with Crippen molar-refractivity contribution < 1.29 is 14.3 Å². The maximum Gasteiger partial charge on any atom is 0.243 e. The van der Waals surface area contributed by atoms with Gasteiger partial charge >= 0.3 is 0 Å². The number of amides is 2. The first kappa shape index (κ1) is 14.1. The minimum absolute atomic E-state index is 0.112. The van der Waals surface area contributed by atoms with E-state index in [0.717, 1.165) is 0 Å². The molecule has 18 heavy (non-hydrogen) atoms. The molecule has 4 N–H and O–H groups in total. The topological polar surface area (TPSA) is 111 Å². The Morgan fingerprint density at radius 3 is 2.94 bits per heavy atom. The number of carbonyl (C=O) groups is 2. The first-order chi connectivity index (χ1) is 8.65. The Labute approximate surface area is 104 Å². The van der Waals surface area contributed by atoms with Gasteiger partial charge in [-0.05, 0) is 0 Å². The molecule has 0 saturated carbocycles. The van der Waals surface area contributed by atoms with Crippen LogP contribution in [0.15, 0.2) is 12.4 Å². The van der Waals surface area contributed by atoms with E-state index in [0.29, 0.717) is 18.8 Å². The molecule has 1 heterocycles. The lowest BCUT2D eigenvalue weighted by Gasteiger charge is -2.03. The van der Waals surface area contributed by atoms with E-state index in [9.17, 15) is 9.59 Å². The fourth-order valence-corrected chi connectivity index (χ4v) is 1.19. The molecular weight excluding hydrogens is 238 g/mol. The summed E-state index contributed by atoms with van der Waals surface area (Å²) in [5.74, 6) is -0.705. The van der Waals surface area contributed by atoms with Gasteiger partial charge in [-0.2, -0.15) is 5.10 Å². The number of nitrogens with one attached hydrogen (secondary N) is 2. The van der Waals surface area contributed by atoms with Gasteiger partial charge in [-0.3, -0.25) is 14.3 Å². The standard InChI is InChI=1S/C10H17N5O3/c1-18-3-2-15-7-8(5-13-15)14-10(17)6-12-9(16)4-11/h5,7H,2-4,6,11H2,1H3,(H,12,16)(H,14,17). The Morgan fingerprint density at radius 2 is 2.28 bits per heavy atom. The molecular formula is C10H17N5O3. The summed E-state index contributed by atoms with van der Waals surface area (Å²) in [6.45, 7) is 0.902. The number of nitrogens with two attached hydrogens (primary N) is 1. The summed E-state index contributed by atoms with van der Waals surface area (Å²) in [6, 6.07) is 0. The molecule has 100 valence electrons. The molecule has 1 aromatic rings. The molecule has 0 aliphatic rings. The number of hydrogen-bond acceptors (Lipinski definition) is 5. The van der Waals surface area contributed by atoms with Crippen LogP contribution in [0.4, 0.5) is 5.69 Å². The Morgan fingerprint density at radius 1 is 1.50 bits per heavy atom. The number of methoxy groups -OCH3 is 1. The van der Waals surface area contributed by atoms with E-state index < -0.39 is 0 Å². The molecule has 0 aliphatic carbocycles. The number of aromatic nitrogens is 2. The second-order valence-corrected chi connectivity index (χ2v) is 3.51. The average Bonchev–Trinajstić information content (AvgIpc) is 2.81. The first-order valence-corrected chi connectivity index (χ1v) is 5.43. The predicted octanol–water partition coefficient (Wildman–Crippen LogP) is -1.46. The molecule has 0 fully saturated rings. The minimum atomic E-state index is -0.374. The summed E-state index contributed by atoms with van der Waals surface area (Å²) in [5.41, 5.74) is 5.66. The van der Waals surface area contributed by atoms with Crippen molar-refractivity contribution in [3.63, 3.8) is 0 Å². The number of rotatable bonds is 7. The fourth-order valence-electron chi connectivity index (χ4n) is 1.19. The molecule has 0 aliphatic heterocycles. The van der Waals surface area contributed by atoms with Crippen molar-refractivity contribution in [2.75, 3.05) is 32.1 Å². The number of carbonyl (C=O) groups excluding carboxylic acids is 2. The summed E-state index contributed by atoms with van der Waals surface area (Å²) in [6.07, 6.45) is 3.21. The highest BCUT2D eigenvalue weighted by Crippen LogP contribution is 2.03. The van der Waals surface area contributed by atoms with E-state index >= 15 is 0 Å². The Bertz CT molecular complexity index is 404. The third-order valence-electron chi connectivity index (χ3n) is 2.07. The first-order valence-electron chi connectivity index (χ1n) is 5.43. The summed E-state index contributed by atoms with van der Waals surface area (Å²) >= 11 is 0. The van der Waals surface area contributed by atoms with Crippen molar-refractivity contribution in [2.45, 2.75) is 6.54 Å². The van der Waals surface area contributed by atoms with Gasteiger partial charge in [0.2, 0.25) is 11.8 Å². The SMILES string of the molecule is COCCn1cc(NC(=O)CNC(=O)CN)cn1. The molecule has 0 spiro atoms. The molecule has 1 aromatic heterocycles. The van der Waals surface area contributed by atoms with Gasteiger partial charge in [0.15, 0.2) is 0 Å². The lowest BCUT2D eigenvalue weighted by Crippen LogP contribution is -2.36. The average molecular weight is 255 g/mol. The summed E-state index contributed by atoms with van der Waals surface area (Å²) < 4.78 is 6.56. The van der Waals surface area contributed by atoms with Crippen molar-refractivity contribution in [2.24, 2.45) is 5.73 Å². The van der Waals surface area contributed by atoms with E-state index in [2.05, 4.69) is 15.7 Å². The molecule has 0 saturated heterocycles. The van der Waals surface area contributed by atoms with Crippen LogP contribution in [0.25, 0.3) is 0 Å². The predicted molar refractivity (Wildman–Crippen MR) is 64.8 cm³/mol. The highest BCUT2D eigenvalue weighted by Gasteiger charge is 2.06. The molecule has 0 atom stereocenters.